The van der Waals surface area contributed by atoms with Gasteiger partial charge in [0.2, 0.25) is 0 Å². The van der Waals surface area contributed by atoms with E-state index in [2.05, 4.69) is 0 Å². The Morgan fingerprint density at radius 1 is 1.14 bits per heavy atom. The van der Waals surface area contributed by atoms with Gasteiger partial charge in [-0.2, -0.15) is 13.2 Å². The van der Waals surface area contributed by atoms with Gasteiger partial charge in [-0.3, -0.25) is 4.79 Å². The maximum atomic E-state index is 14.0. The number of rotatable bonds is 5. The summed E-state index contributed by atoms with van der Waals surface area (Å²) >= 11 is 0. The molecule has 0 spiro atoms. The minimum Gasteiger partial charge on any atom is -0.488 e. The zero-order chi connectivity index (χ0) is 20.5. The summed E-state index contributed by atoms with van der Waals surface area (Å²) in [5.74, 6) is -3.36. The van der Waals surface area contributed by atoms with Crippen molar-refractivity contribution < 1.29 is 31.5 Å². The number of nitrogens with two attached hydrogens (primary N) is 1. The summed E-state index contributed by atoms with van der Waals surface area (Å²) in [6, 6.07) is 5.98. The minimum absolute atomic E-state index is 0.00724. The molecular weight excluding hydrogens is 383 g/mol. The number of ether oxygens (including phenoxy) is 1. The number of amides is 1. The second-order valence-corrected chi connectivity index (χ2v) is 6.47. The summed E-state index contributed by atoms with van der Waals surface area (Å²) in [6.45, 7) is 0.615. The second kappa shape index (κ2) is 7.65. The summed E-state index contributed by atoms with van der Waals surface area (Å²) in [5.41, 5.74) is 4.24. The fourth-order valence-electron chi connectivity index (χ4n) is 3.20. The lowest BCUT2D eigenvalue weighted by Gasteiger charge is -2.27. The van der Waals surface area contributed by atoms with E-state index in [9.17, 15) is 26.7 Å². The molecule has 0 radical (unpaired) electrons. The van der Waals surface area contributed by atoms with E-state index in [1.807, 2.05) is 4.90 Å². The van der Waals surface area contributed by atoms with Gasteiger partial charge in [-0.05, 0) is 43.2 Å². The van der Waals surface area contributed by atoms with E-state index in [0.717, 1.165) is 24.6 Å². The van der Waals surface area contributed by atoms with Crippen molar-refractivity contribution >= 4 is 11.6 Å². The van der Waals surface area contributed by atoms with Crippen LogP contribution in [0.4, 0.5) is 27.6 Å². The smallest absolute Gasteiger partial charge is 0.416 e. The lowest BCUT2D eigenvalue weighted by molar-refractivity contribution is -0.137. The first-order valence-electron chi connectivity index (χ1n) is 8.52. The highest BCUT2D eigenvalue weighted by Crippen LogP contribution is 2.32. The van der Waals surface area contributed by atoms with Gasteiger partial charge in [0.1, 0.15) is 12.4 Å². The molecule has 1 heterocycles. The van der Waals surface area contributed by atoms with E-state index in [4.69, 9.17) is 10.5 Å². The monoisotopic (exact) mass is 400 g/mol. The number of anilines is 1. The van der Waals surface area contributed by atoms with Crippen LogP contribution in [-0.4, -0.2) is 25.1 Å². The number of alkyl halides is 3. The van der Waals surface area contributed by atoms with Gasteiger partial charge in [-0.1, -0.05) is 0 Å². The molecular formula is C19H17F5N2O2. The van der Waals surface area contributed by atoms with Crippen molar-refractivity contribution in [1.29, 1.82) is 0 Å². The molecule has 2 aromatic carbocycles. The number of carbonyl (C=O) groups is 1. The SMILES string of the molecule is NC(=O)c1cc(F)c(OC[C@H]2CCCN2c2ccc(C(F)(F)F)cc2)cc1F. The molecule has 0 unspecified atom stereocenters. The van der Waals surface area contributed by atoms with E-state index in [1.165, 1.54) is 12.1 Å². The maximum Gasteiger partial charge on any atom is 0.416 e. The summed E-state index contributed by atoms with van der Waals surface area (Å²) in [4.78, 5) is 12.9. The normalized spacial score (nSPS) is 17.0. The van der Waals surface area contributed by atoms with E-state index in [1.54, 1.807) is 0 Å². The van der Waals surface area contributed by atoms with Crippen molar-refractivity contribution in [2.24, 2.45) is 5.73 Å². The molecule has 1 fully saturated rings. The van der Waals surface area contributed by atoms with Crippen LogP contribution in [0.15, 0.2) is 36.4 Å². The van der Waals surface area contributed by atoms with Crippen LogP contribution in [0.2, 0.25) is 0 Å². The first-order valence-corrected chi connectivity index (χ1v) is 8.52. The number of primary amides is 1. The van der Waals surface area contributed by atoms with Crippen LogP contribution in [0.5, 0.6) is 5.75 Å². The van der Waals surface area contributed by atoms with Crippen LogP contribution in [0, 0.1) is 11.6 Å². The number of halogens is 5. The van der Waals surface area contributed by atoms with Gasteiger partial charge >= 0.3 is 6.18 Å². The number of carbonyl (C=O) groups excluding carboxylic acids is 1. The van der Waals surface area contributed by atoms with Crippen LogP contribution in [0.3, 0.4) is 0 Å². The predicted molar refractivity (Wildman–Crippen MR) is 92.2 cm³/mol. The van der Waals surface area contributed by atoms with Crippen molar-refractivity contribution in [2.75, 3.05) is 18.1 Å². The molecule has 2 N–H and O–H groups in total. The van der Waals surface area contributed by atoms with E-state index in [-0.39, 0.29) is 18.4 Å². The Bertz CT molecular complexity index is 868. The van der Waals surface area contributed by atoms with E-state index < -0.39 is 34.8 Å². The topological polar surface area (TPSA) is 55.6 Å². The van der Waals surface area contributed by atoms with Gasteiger partial charge in [0.15, 0.2) is 11.6 Å². The van der Waals surface area contributed by atoms with Gasteiger partial charge < -0.3 is 15.4 Å². The van der Waals surface area contributed by atoms with Crippen LogP contribution in [-0.2, 0) is 6.18 Å². The minimum atomic E-state index is -4.41. The molecule has 1 saturated heterocycles. The number of hydrogen-bond donors (Lipinski definition) is 1. The van der Waals surface area contributed by atoms with E-state index in [0.29, 0.717) is 24.7 Å². The third kappa shape index (κ3) is 4.18. The average molecular weight is 400 g/mol. The van der Waals surface area contributed by atoms with Crippen molar-refractivity contribution in [3.05, 3.63) is 59.2 Å². The molecule has 1 aliphatic rings. The molecule has 0 aliphatic carbocycles. The maximum absolute atomic E-state index is 14.0. The number of hydrogen-bond acceptors (Lipinski definition) is 3. The second-order valence-electron chi connectivity index (χ2n) is 6.47. The van der Waals surface area contributed by atoms with Crippen molar-refractivity contribution in [1.82, 2.24) is 0 Å². The molecule has 1 aliphatic heterocycles. The van der Waals surface area contributed by atoms with Gasteiger partial charge in [0.25, 0.3) is 5.91 Å². The number of benzene rings is 2. The predicted octanol–water partition coefficient (Wildman–Crippen LogP) is 4.13. The van der Waals surface area contributed by atoms with Gasteiger partial charge in [-0.25, -0.2) is 8.78 Å². The molecule has 4 nitrogen and oxygen atoms in total. The highest BCUT2D eigenvalue weighted by atomic mass is 19.4. The highest BCUT2D eigenvalue weighted by Gasteiger charge is 2.31. The third-order valence-corrected chi connectivity index (χ3v) is 4.62. The Morgan fingerprint density at radius 2 is 1.82 bits per heavy atom. The fraction of sp³-hybridized carbons (Fsp3) is 0.316. The van der Waals surface area contributed by atoms with Crippen molar-refractivity contribution in [2.45, 2.75) is 25.1 Å². The lowest BCUT2D eigenvalue weighted by atomic mass is 10.1. The molecule has 3 rings (SSSR count). The molecule has 0 aromatic heterocycles. The van der Waals surface area contributed by atoms with Crippen molar-refractivity contribution in [3.63, 3.8) is 0 Å². The summed E-state index contributed by atoms with van der Waals surface area (Å²) in [7, 11) is 0. The highest BCUT2D eigenvalue weighted by molar-refractivity contribution is 5.93. The van der Waals surface area contributed by atoms with E-state index >= 15 is 0 Å². The van der Waals surface area contributed by atoms with Gasteiger partial charge in [0, 0.05) is 18.3 Å². The molecule has 0 saturated carbocycles. The van der Waals surface area contributed by atoms with Crippen LogP contribution >= 0.6 is 0 Å². The van der Waals surface area contributed by atoms with Gasteiger partial charge in [-0.15, -0.1) is 0 Å². The Labute approximate surface area is 157 Å². The first-order chi connectivity index (χ1) is 13.2. The van der Waals surface area contributed by atoms with Gasteiger partial charge in [0.05, 0.1) is 17.2 Å². The molecule has 1 atom stereocenters. The molecule has 0 bridgehead atoms. The van der Waals surface area contributed by atoms with Crippen molar-refractivity contribution in [3.8, 4) is 5.75 Å². The van der Waals surface area contributed by atoms with Crippen LogP contribution in [0.1, 0.15) is 28.8 Å². The Balaban J connectivity index is 1.71. The Morgan fingerprint density at radius 3 is 2.43 bits per heavy atom. The molecule has 1 amide bonds. The standard InChI is InChI=1S/C19H17F5N2O2/c20-15-9-17(16(21)8-14(15)18(25)27)28-10-13-2-1-7-26(13)12-5-3-11(4-6-12)19(22,23)24/h3-6,8-9,13H,1-2,7,10H2,(H2,25,27)/t13-/m1/s1. The Hall–Kier alpha value is -2.84. The zero-order valence-electron chi connectivity index (χ0n) is 14.6. The molecule has 2 aromatic rings. The average Bonchev–Trinajstić information content (AvgIpc) is 3.09. The molecule has 150 valence electrons. The zero-order valence-corrected chi connectivity index (χ0v) is 14.6. The largest absolute Gasteiger partial charge is 0.488 e. The van der Waals surface area contributed by atoms with Crippen LogP contribution < -0.4 is 15.4 Å². The Kier molecular flexibility index (Phi) is 5.44. The quantitative estimate of drug-likeness (QED) is 0.768. The molecule has 9 heteroatoms. The summed E-state index contributed by atoms with van der Waals surface area (Å²) in [6.07, 6.45) is -2.94. The lowest BCUT2D eigenvalue weighted by Crippen LogP contribution is -2.34. The molecule has 28 heavy (non-hydrogen) atoms. The number of nitrogens with zero attached hydrogens (tertiary/aromatic N) is 1. The summed E-state index contributed by atoms with van der Waals surface area (Å²) < 4.78 is 71.3. The fourth-order valence-corrected chi connectivity index (χ4v) is 3.20. The van der Waals surface area contributed by atoms with Crippen LogP contribution in [0.25, 0.3) is 0 Å². The third-order valence-electron chi connectivity index (χ3n) is 4.62. The first kappa shape index (κ1) is 19.9. The summed E-state index contributed by atoms with van der Waals surface area (Å²) in [5, 5.41) is 0.